The average Bonchev–Trinajstić information content (AvgIpc) is 3.23. The highest BCUT2D eigenvalue weighted by Crippen LogP contribution is 2.25. The number of carbonyl (C=O) groups is 1. The van der Waals surface area contributed by atoms with Gasteiger partial charge in [0.1, 0.15) is 0 Å². The number of benzene rings is 1. The number of carbonyl (C=O) groups excluding carboxylic acids is 1. The summed E-state index contributed by atoms with van der Waals surface area (Å²) in [5, 5.41) is 10.2. The Morgan fingerprint density at radius 2 is 1.83 bits per heavy atom. The Hall–Kier alpha value is -3.11. The molecule has 30 heavy (non-hydrogen) atoms. The van der Waals surface area contributed by atoms with Crippen LogP contribution in [0.25, 0.3) is 11.5 Å². The van der Waals surface area contributed by atoms with Gasteiger partial charge in [-0.25, -0.2) is 8.42 Å². The number of nitrogens with one attached hydrogen (secondary N) is 1. The predicted octanol–water partition coefficient (Wildman–Crippen LogP) is 2.95. The van der Waals surface area contributed by atoms with Crippen LogP contribution in [0.1, 0.15) is 36.5 Å². The minimum Gasteiger partial charge on any atom is -0.403 e. The van der Waals surface area contributed by atoms with Crippen molar-refractivity contribution in [1.29, 1.82) is 0 Å². The lowest BCUT2D eigenvalue weighted by atomic mass is 10.1. The summed E-state index contributed by atoms with van der Waals surface area (Å²) < 4.78 is 32.8. The molecule has 2 aromatic heterocycles. The van der Waals surface area contributed by atoms with Crippen molar-refractivity contribution in [3.63, 3.8) is 0 Å². The maximum absolute atomic E-state index is 12.9. The van der Waals surface area contributed by atoms with Crippen molar-refractivity contribution in [2.75, 3.05) is 11.9 Å². The number of pyridine rings is 1. The summed E-state index contributed by atoms with van der Waals surface area (Å²) in [6.07, 6.45) is 5.93. The van der Waals surface area contributed by atoms with Crippen molar-refractivity contribution in [3.8, 4) is 11.5 Å². The largest absolute Gasteiger partial charge is 0.403 e. The monoisotopic (exact) mass is 427 g/mol. The third-order valence-corrected chi connectivity index (χ3v) is 7.07. The molecule has 4 rings (SSSR count). The van der Waals surface area contributed by atoms with Gasteiger partial charge in [0, 0.05) is 36.1 Å². The van der Waals surface area contributed by atoms with Crippen molar-refractivity contribution < 1.29 is 17.6 Å². The summed E-state index contributed by atoms with van der Waals surface area (Å²) >= 11 is 0. The third kappa shape index (κ3) is 4.10. The molecule has 1 aliphatic rings. The number of hydrogen-bond donors (Lipinski definition) is 1. The first kappa shape index (κ1) is 20.2. The Balaban J connectivity index is 1.46. The van der Waals surface area contributed by atoms with Crippen molar-refractivity contribution in [3.05, 3.63) is 54.4 Å². The zero-order valence-corrected chi connectivity index (χ0v) is 17.2. The molecule has 0 unspecified atom stereocenters. The van der Waals surface area contributed by atoms with Crippen LogP contribution in [0.3, 0.4) is 0 Å². The first-order valence-corrected chi connectivity index (χ1v) is 11.1. The van der Waals surface area contributed by atoms with Crippen LogP contribution in [0, 0.1) is 0 Å². The van der Waals surface area contributed by atoms with Crippen LogP contribution >= 0.6 is 0 Å². The van der Waals surface area contributed by atoms with Crippen LogP contribution in [0.2, 0.25) is 0 Å². The van der Waals surface area contributed by atoms with Crippen molar-refractivity contribution in [2.45, 2.75) is 37.1 Å². The molecule has 10 heteroatoms. The van der Waals surface area contributed by atoms with Crippen LogP contribution in [0.4, 0.5) is 6.01 Å². The topological polar surface area (TPSA) is 118 Å². The zero-order chi connectivity index (χ0) is 21.1. The fourth-order valence-electron chi connectivity index (χ4n) is 3.40. The molecule has 3 aromatic rings. The SMILES string of the molecule is C[C@H]1CCCCN1S(=O)(=O)c1ccc(C(=O)Nc2nnc(-c3ccncc3)o2)cc1. The van der Waals surface area contributed by atoms with E-state index >= 15 is 0 Å². The number of amides is 1. The Morgan fingerprint density at radius 3 is 2.53 bits per heavy atom. The smallest absolute Gasteiger partial charge is 0.322 e. The second-order valence-corrected chi connectivity index (χ2v) is 8.98. The fraction of sp³-hybridized carbons (Fsp3) is 0.300. The van der Waals surface area contributed by atoms with Gasteiger partial charge in [-0.15, -0.1) is 5.10 Å². The third-order valence-electron chi connectivity index (χ3n) is 5.04. The molecule has 1 atom stereocenters. The highest BCUT2D eigenvalue weighted by molar-refractivity contribution is 7.89. The molecule has 0 saturated carbocycles. The molecule has 0 spiro atoms. The van der Waals surface area contributed by atoms with E-state index in [4.69, 9.17) is 4.42 Å². The van der Waals surface area contributed by atoms with Gasteiger partial charge in [-0.3, -0.25) is 15.1 Å². The summed E-state index contributed by atoms with van der Waals surface area (Å²) in [5.74, 6) is -0.222. The van der Waals surface area contributed by atoms with Gasteiger partial charge in [0.05, 0.1) is 4.90 Å². The molecule has 1 saturated heterocycles. The Kier molecular flexibility index (Phi) is 5.60. The van der Waals surface area contributed by atoms with Gasteiger partial charge >= 0.3 is 6.01 Å². The Bertz CT molecular complexity index is 1130. The first-order chi connectivity index (χ1) is 14.4. The standard InChI is InChI=1S/C20H21N5O4S/c1-14-4-2-3-13-25(14)30(27,28)17-7-5-15(6-8-17)18(26)22-20-24-23-19(29-20)16-9-11-21-12-10-16/h5-12,14H,2-4,13H2,1H3,(H,22,24,26)/t14-/m0/s1. The minimum atomic E-state index is -3.58. The molecular formula is C20H21N5O4S. The molecule has 3 heterocycles. The number of nitrogens with zero attached hydrogens (tertiary/aromatic N) is 4. The quantitative estimate of drug-likeness (QED) is 0.665. The van der Waals surface area contributed by atoms with E-state index in [0.717, 1.165) is 19.3 Å². The van der Waals surface area contributed by atoms with Crippen LogP contribution in [0.5, 0.6) is 0 Å². The molecule has 1 fully saturated rings. The van der Waals surface area contributed by atoms with Gasteiger partial charge < -0.3 is 4.42 Å². The van der Waals surface area contributed by atoms with Gasteiger partial charge in [0.15, 0.2) is 0 Å². The number of sulfonamides is 1. The molecule has 9 nitrogen and oxygen atoms in total. The van der Waals surface area contributed by atoms with E-state index in [1.165, 1.54) is 28.6 Å². The van der Waals surface area contributed by atoms with Gasteiger partial charge in [0.25, 0.3) is 5.91 Å². The first-order valence-electron chi connectivity index (χ1n) is 9.62. The summed E-state index contributed by atoms with van der Waals surface area (Å²) in [7, 11) is -3.58. The predicted molar refractivity (Wildman–Crippen MR) is 109 cm³/mol. The van der Waals surface area contributed by atoms with E-state index in [0.29, 0.717) is 12.1 Å². The molecule has 0 aliphatic carbocycles. The second-order valence-electron chi connectivity index (χ2n) is 7.09. The number of rotatable bonds is 5. The average molecular weight is 427 g/mol. The van der Waals surface area contributed by atoms with Crippen LogP contribution in [-0.4, -0.2) is 46.4 Å². The van der Waals surface area contributed by atoms with Crippen molar-refractivity contribution in [1.82, 2.24) is 19.5 Å². The summed E-state index contributed by atoms with van der Waals surface area (Å²) in [4.78, 5) is 16.6. The lowest BCUT2D eigenvalue weighted by Gasteiger charge is -2.32. The number of hydrogen-bond acceptors (Lipinski definition) is 7. The van der Waals surface area contributed by atoms with E-state index < -0.39 is 15.9 Å². The molecule has 1 aromatic carbocycles. The van der Waals surface area contributed by atoms with E-state index in [9.17, 15) is 13.2 Å². The molecule has 156 valence electrons. The molecule has 0 radical (unpaired) electrons. The summed E-state index contributed by atoms with van der Waals surface area (Å²) in [5.41, 5.74) is 0.962. The molecule has 0 bridgehead atoms. The van der Waals surface area contributed by atoms with Crippen molar-refractivity contribution in [2.24, 2.45) is 0 Å². The van der Waals surface area contributed by atoms with Gasteiger partial charge in [0.2, 0.25) is 15.9 Å². The van der Waals surface area contributed by atoms with Crippen molar-refractivity contribution >= 4 is 21.9 Å². The molecule has 1 amide bonds. The van der Waals surface area contributed by atoms with Gasteiger partial charge in [-0.2, -0.15) is 4.31 Å². The lowest BCUT2D eigenvalue weighted by Crippen LogP contribution is -2.41. The molecule has 1 aliphatic heterocycles. The fourth-order valence-corrected chi connectivity index (χ4v) is 5.10. The van der Waals surface area contributed by atoms with E-state index in [1.54, 1.807) is 24.5 Å². The highest BCUT2D eigenvalue weighted by Gasteiger charge is 2.31. The van der Waals surface area contributed by atoms with E-state index in [-0.39, 0.29) is 28.4 Å². The maximum atomic E-state index is 12.9. The second kappa shape index (κ2) is 8.33. The Morgan fingerprint density at radius 1 is 1.10 bits per heavy atom. The number of piperidine rings is 1. The zero-order valence-electron chi connectivity index (χ0n) is 16.4. The summed E-state index contributed by atoms with van der Waals surface area (Å²) in [6, 6.07) is 9.17. The number of aromatic nitrogens is 3. The maximum Gasteiger partial charge on any atom is 0.322 e. The highest BCUT2D eigenvalue weighted by atomic mass is 32.2. The molecule has 1 N–H and O–H groups in total. The van der Waals surface area contributed by atoms with E-state index in [1.807, 2.05) is 6.92 Å². The van der Waals surface area contributed by atoms with Gasteiger partial charge in [-0.05, 0) is 56.2 Å². The van der Waals surface area contributed by atoms with E-state index in [2.05, 4.69) is 20.5 Å². The van der Waals surface area contributed by atoms with Gasteiger partial charge in [-0.1, -0.05) is 11.5 Å². The lowest BCUT2D eigenvalue weighted by molar-refractivity contribution is 0.102. The van der Waals surface area contributed by atoms with Crippen LogP contribution in [0.15, 0.2) is 58.1 Å². The minimum absolute atomic E-state index is 0.0288. The summed E-state index contributed by atoms with van der Waals surface area (Å²) in [6.45, 7) is 2.44. The van der Waals surface area contributed by atoms with Crippen LogP contribution in [-0.2, 0) is 10.0 Å². The molecular weight excluding hydrogens is 406 g/mol. The normalized spacial score (nSPS) is 17.6. The Labute approximate surface area is 174 Å². The number of anilines is 1. The van der Waals surface area contributed by atoms with Crippen LogP contribution < -0.4 is 5.32 Å².